The Bertz CT molecular complexity index is 782. The number of carbonyl (C=O) groups is 2. The Balaban J connectivity index is 1.75. The minimum Gasteiger partial charge on any atom is -0.479 e. The molecule has 0 bridgehead atoms. The Morgan fingerprint density at radius 2 is 1.88 bits per heavy atom. The predicted molar refractivity (Wildman–Crippen MR) is 93.6 cm³/mol. The first-order valence-electron chi connectivity index (χ1n) is 7.97. The Kier molecular flexibility index (Phi) is 4.25. The SMILES string of the molecule is CC(C)c1ccc(C(=O)Nc2ccc3c(c2)NC(=O)[C@@H](C)O3)cc1. The van der Waals surface area contributed by atoms with Gasteiger partial charge in [-0.2, -0.15) is 0 Å². The van der Waals surface area contributed by atoms with Gasteiger partial charge >= 0.3 is 0 Å². The van der Waals surface area contributed by atoms with Crippen LogP contribution in [0.25, 0.3) is 0 Å². The van der Waals surface area contributed by atoms with Crippen LogP contribution in [0.5, 0.6) is 5.75 Å². The van der Waals surface area contributed by atoms with Gasteiger partial charge in [-0.25, -0.2) is 0 Å². The number of carbonyl (C=O) groups excluding carboxylic acids is 2. The molecule has 1 heterocycles. The molecule has 0 aromatic heterocycles. The highest BCUT2D eigenvalue weighted by atomic mass is 16.5. The Morgan fingerprint density at radius 3 is 2.54 bits per heavy atom. The number of hydrogen-bond donors (Lipinski definition) is 2. The van der Waals surface area contributed by atoms with E-state index in [2.05, 4.69) is 24.5 Å². The molecule has 0 unspecified atom stereocenters. The molecule has 124 valence electrons. The number of fused-ring (bicyclic) bond motifs is 1. The van der Waals surface area contributed by atoms with Crippen LogP contribution < -0.4 is 15.4 Å². The van der Waals surface area contributed by atoms with Crippen molar-refractivity contribution in [2.75, 3.05) is 10.6 Å². The molecule has 0 saturated carbocycles. The largest absolute Gasteiger partial charge is 0.479 e. The van der Waals surface area contributed by atoms with E-state index >= 15 is 0 Å². The van der Waals surface area contributed by atoms with Crippen LogP contribution in [0.2, 0.25) is 0 Å². The molecule has 1 atom stereocenters. The highest BCUT2D eigenvalue weighted by Crippen LogP contribution is 2.32. The number of rotatable bonds is 3. The van der Waals surface area contributed by atoms with Gasteiger partial charge in [0.25, 0.3) is 11.8 Å². The standard InChI is InChI=1S/C19H20N2O3/c1-11(2)13-4-6-14(7-5-13)19(23)20-15-8-9-17-16(10-15)21-18(22)12(3)24-17/h4-12H,1-3H3,(H,20,23)(H,21,22)/t12-/m1/s1. The summed E-state index contributed by atoms with van der Waals surface area (Å²) in [4.78, 5) is 24.0. The summed E-state index contributed by atoms with van der Waals surface area (Å²) in [6.07, 6.45) is -0.516. The van der Waals surface area contributed by atoms with E-state index in [9.17, 15) is 9.59 Å². The van der Waals surface area contributed by atoms with E-state index in [0.29, 0.717) is 28.6 Å². The first-order chi connectivity index (χ1) is 11.4. The smallest absolute Gasteiger partial charge is 0.265 e. The summed E-state index contributed by atoms with van der Waals surface area (Å²) in [5.41, 5.74) is 2.94. The summed E-state index contributed by atoms with van der Waals surface area (Å²) >= 11 is 0. The van der Waals surface area contributed by atoms with Crippen LogP contribution in [0, 0.1) is 0 Å². The summed E-state index contributed by atoms with van der Waals surface area (Å²) < 4.78 is 5.50. The normalized spacial score (nSPS) is 16.2. The Hall–Kier alpha value is -2.82. The van der Waals surface area contributed by atoms with E-state index in [0.717, 1.165) is 0 Å². The van der Waals surface area contributed by atoms with Crippen LogP contribution in [-0.2, 0) is 4.79 Å². The summed E-state index contributed by atoms with van der Waals surface area (Å²) in [5.74, 6) is 0.632. The number of benzene rings is 2. The van der Waals surface area contributed by atoms with Crippen LogP contribution in [-0.4, -0.2) is 17.9 Å². The van der Waals surface area contributed by atoms with Crippen molar-refractivity contribution in [3.05, 3.63) is 53.6 Å². The molecule has 0 aliphatic carbocycles. The third-order valence-electron chi connectivity index (χ3n) is 4.01. The van der Waals surface area contributed by atoms with Gasteiger partial charge in [-0.1, -0.05) is 26.0 Å². The zero-order valence-electron chi connectivity index (χ0n) is 13.9. The van der Waals surface area contributed by atoms with Crippen LogP contribution in [0.3, 0.4) is 0 Å². The fraction of sp³-hybridized carbons (Fsp3) is 0.263. The van der Waals surface area contributed by atoms with Crippen molar-refractivity contribution in [2.24, 2.45) is 0 Å². The second-order valence-electron chi connectivity index (χ2n) is 6.19. The molecule has 2 aromatic carbocycles. The average Bonchev–Trinajstić information content (AvgIpc) is 2.56. The number of ether oxygens (including phenoxy) is 1. The fourth-order valence-electron chi connectivity index (χ4n) is 2.51. The molecule has 0 saturated heterocycles. The van der Waals surface area contributed by atoms with Crippen LogP contribution >= 0.6 is 0 Å². The molecule has 5 nitrogen and oxygen atoms in total. The lowest BCUT2D eigenvalue weighted by Crippen LogP contribution is -2.34. The Morgan fingerprint density at radius 1 is 1.17 bits per heavy atom. The molecule has 1 aliphatic heterocycles. The van der Waals surface area contributed by atoms with Gasteiger partial charge in [-0.05, 0) is 48.7 Å². The molecular weight excluding hydrogens is 304 g/mol. The van der Waals surface area contributed by atoms with Gasteiger partial charge in [0.05, 0.1) is 5.69 Å². The second-order valence-corrected chi connectivity index (χ2v) is 6.19. The number of hydrogen-bond acceptors (Lipinski definition) is 3. The Labute approximate surface area is 141 Å². The molecule has 3 rings (SSSR count). The summed E-state index contributed by atoms with van der Waals surface area (Å²) in [5, 5.41) is 5.61. The first kappa shape index (κ1) is 16.1. The quantitative estimate of drug-likeness (QED) is 0.903. The number of nitrogens with one attached hydrogen (secondary N) is 2. The highest BCUT2D eigenvalue weighted by molar-refractivity contribution is 6.05. The van der Waals surface area contributed by atoms with Gasteiger partial charge in [-0.15, -0.1) is 0 Å². The van der Waals surface area contributed by atoms with Crippen molar-refractivity contribution in [1.82, 2.24) is 0 Å². The van der Waals surface area contributed by atoms with E-state index in [-0.39, 0.29) is 11.8 Å². The van der Waals surface area contributed by atoms with E-state index in [1.165, 1.54) is 5.56 Å². The van der Waals surface area contributed by atoms with Crippen molar-refractivity contribution in [3.63, 3.8) is 0 Å². The molecular formula is C19H20N2O3. The molecule has 0 fully saturated rings. The monoisotopic (exact) mass is 324 g/mol. The molecule has 0 radical (unpaired) electrons. The van der Waals surface area contributed by atoms with Crippen molar-refractivity contribution in [1.29, 1.82) is 0 Å². The summed E-state index contributed by atoms with van der Waals surface area (Å²) in [6.45, 7) is 5.91. The lowest BCUT2D eigenvalue weighted by Gasteiger charge is -2.23. The third-order valence-corrected chi connectivity index (χ3v) is 4.01. The second kappa shape index (κ2) is 6.35. The van der Waals surface area contributed by atoms with Gasteiger partial charge in [-0.3, -0.25) is 9.59 Å². The zero-order valence-corrected chi connectivity index (χ0v) is 13.9. The molecule has 5 heteroatoms. The van der Waals surface area contributed by atoms with E-state index in [1.54, 1.807) is 25.1 Å². The van der Waals surface area contributed by atoms with Crippen molar-refractivity contribution in [3.8, 4) is 5.75 Å². The van der Waals surface area contributed by atoms with Crippen LogP contribution in [0.4, 0.5) is 11.4 Å². The van der Waals surface area contributed by atoms with E-state index < -0.39 is 6.10 Å². The van der Waals surface area contributed by atoms with Gasteiger partial charge in [0.2, 0.25) is 0 Å². The zero-order chi connectivity index (χ0) is 17.3. The molecule has 2 amide bonds. The van der Waals surface area contributed by atoms with Crippen LogP contribution in [0.15, 0.2) is 42.5 Å². The lowest BCUT2D eigenvalue weighted by molar-refractivity contribution is -0.122. The van der Waals surface area contributed by atoms with Gasteiger partial charge in [0.1, 0.15) is 5.75 Å². The van der Waals surface area contributed by atoms with Crippen molar-refractivity contribution >= 4 is 23.2 Å². The number of anilines is 2. The maximum Gasteiger partial charge on any atom is 0.265 e. The highest BCUT2D eigenvalue weighted by Gasteiger charge is 2.23. The molecule has 0 spiro atoms. The number of amides is 2. The predicted octanol–water partition coefficient (Wildman–Crippen LogP) is 3.78. The van der Waals surface area contributed by atoms with Crippen molar-refractivity contribution < 1.29 is 14.3 Å². The minimum absolute atomic E-state index is 0.193. The van der Waals surface area contributed by atoms with Crippen LogP contribution in [0.1, 0.15) is 42.6 Å². The minimum atomic E-state index is -0.516. The first-order valence-corrected chi connectivity index (χ1v) is 7.97. The van der Waals surface area contributed by atoms with Gasteiger partial charge < -0.3 is 15.4 Å². The van der Waals surface area contributed by atoms with Crippen molar-refractivity contribution in [2.45, 2.75) is 32.8 Å². The summed E-state index contributed by atoms with van der Waals surface area (Å²) in [6, 6.07) is 12.7. The molecule has 2 N–H and O–H groups in total. The van der Waals surface area contributed by atoms with E-state index in [4.69, 9.17) is 4.74 Å². The topological polar surface area (TPSA) is 67.4 Å². The average molecular weight is 324 g/mol. The van der Waals surface area contributed by atoms with E-state index in [1.807, 2.05) is 24.3 Å². The molecule has 2 aromatic rings. The summed E-state index contributed by atoms with van der Waals surface area (Å²) in [7, 11) is 0. The molecule has 1 aliphatic rings. The lowest BCUT2D eigenvalue weighted by atomic mass is 10.0. The maximum atomic E-state index is 12.4. The van der Waals surface area contributed by atoms with Gasteiger partial charge in [0.15, 0.2) is 6.10 Å². The third kappa shape index (κ3) is 3.25. The fourth-order valence-corrected chi connectivity index (χ4v) is 2.51. The molecule has 24 heavy (non-hydrogen) atoms. The maximum absolute atomic E-state index is 12.4. The van der Waals surface area contributed by atoms with Gasteiger partial charge in [0, 0.05) is 11.3 Å².